The monoisotopic (exact) mass is 348 g/mol. The van der Waals surface area contributed by atoms with Gasteiger partial charge in [-0.2, -0.15) is 0 Å². The molecular weight excluding hydrogens is 332 g/mol. The highest BCUT2D eigenvalue weighted by Gasteiger charge is 2.43. The standard InChI is InChI=1S/C20H16N2O4/c23-20-18-17-14(4-2-12-16(17)11(8-22-12)5-6-21-20)26-19(18)10-1-3-13-15(7-10)25-9-24-13/h1-4,7-8,18-19,22H,5-6,9H2,(H,21,23)/t18-,19+/m0/s1. The fraction of sp³-hybridized carbons (Fsp3) is 0.250. The summed E-state index contributed by atoms with van der Waals surface area (Å²) >= 11 is 0. The molecule has 0 saturated carbocycles. The lowest BCUT2D eigenvalue weighted by molar-refractivity contribution is -0.124. The lowest BCUT2D eigenvalue weighted by Crippen LogP contribution is -2.34. The van der Waals surface area contributed by atoms with Gasteiger partial charge in [-0.25, -0.2) is 0 Å². The second-order valence-corrected chi connectivity index (χ2v) is 6.88. The van der Waals surface area contributed by atoms with Crippen LogP contribution in [-0.4, -0.2) is 24.2 Å². The van der Waals surface area contributed by atoms with Crippen molar-refractivity contribution in [3.63, 3.8) is 0 Å². The average molecular weight is 348 g/mol. The van der Waals surface area contributed by atoms with Crippen molar-refractivity contribution >= 4 is 16.8 Å². The van der Waals surface area contributed by atoms with Crippen molar-refractivity contribution in [1.82, 2.24) is 10.3 Å². The van der Waals surface area contributed by atoms with Crippen LogP contribution in [0.5, 0.6) is 17.2 Å². The fourth-order valence-corrected chi connectivity index (χ4v) is 4.32. The number of aromatic nitrogens is 1. The molecule has 3 aromatic rings. The highest BCUT2D eigenvalue weighted by Crippen LogP contribution is 2.51. The molecule has 1 amide bonds. The normalized spacial score (nSPS) is 22.7. The molecule has 6 rings (SSSR count). The molecular formula is C20H16N2O4. The number of hydrogen-bond acceptors (Lipinski definition) is 4. The van der Waals surface area contributed by atoms with E-state index in [0.717, 1.165) is 39.9 Å². The Hall–Kier alpha value is -3.15. The fourth-order valence-electron chi connectivity index (χ4n) is 4.32. The summed E-state index contributed by atoms with van der Waals surface area (Å²) in [6.45, 7) is 0.849. The van der Waals surface area contributed by atoms with E-state index in [1.165, 1.54) is 5.56 Å². The lowest BCUT2D eigenvalue weighted by atomic mass is 9.86. The maximum atomic E-state index is 13.0. The summed E-state index contributed by atoms with van der Waals surface area (Å²) in [5, 5.41) is 4.19. The van der Waals surface area contributed by atoms with Crippen LogP contribution in [-0.2, 0) is 11.2 Å². The summed E-state index contributed by atoms with van der Waals surface area (Å²) in [5.74, 6) is 1.82. The summed E-state index contributed by atoms with van der Waals surface area (Å²) in [6.07, 6.45) is 2.46. The van der Waals surface area contributed by atoms with Crippen molar-refractivity contribution in [3.8, 4) is 17.2 Å². The van der Waals surface area contributed by atoms with Gasteiger partial charge in [0.25, 0.3) is 0 Å². The molecule has 4 heterocycles. The number of nitrogens with one attached hydrogen (secondary N) is 2. The van der Waals surface area contributed by atoms with Gasteiger partial charge in [-0.15, -0.1) is 0 Å². The van der Waals surface area contributed by atoms with Gasteiger partial charge in [0, 0.05) is 29.2 Å². The minimum absolute atomic E-state index is 0.00534. The molecule has 6 heteroatoms. The Kier molecular flexibility index (Phi) is 2.67. The van der Waals surface area contributed by atoms with E-state index in [4.69, 9.17) is 14.2 Å². The second kappa shape index (κ2) is 4.94. The third-order valence-electron chi connectivity index (χ3n) is 5.50. The Balaban J connectivity index is 1.55. The van der Waals surface area contributed by atoms with E-state index in [1.807, 2.05) is 36.5 Å². The quantitative estimate of drug-likeness (QED) is 0.709. The first-order valence-electron chi connectivity index (χ1n) is 8.76. The Morgan fingerprint density at radius 1 is 1.04 bits per heavy atom. The minimum atomic E-state index is -0.385. The zero-order valence-corrected chi connectivity index (χ0v) is 13.9. The predicted octanol–water partition coefficient (Wildman–Crippen LogP) is 2.79. The molecule has 2 aromatic carbocycles. The number of rotatable bonds is 1. The van der Waals surface area contributed by atoms with Gasteiger partial charge in [0.05, 0.1) is 0 Å². The molecule has 0 saturated heterocycles. The summed E-state index contributed by atoms with van der Waals surface area (Å²) in [5.41, 5.74) is 4.17. The summed E-state index contributed by atoms with van der Waals surface area (Å²) in [7, 11) is 0. The molecule has 3 aliphatic heterocycles. The number of carbonyl (C=O) groups is 1. The van der Waals surface area contributed by atoms with Crippen LogP contribution in [0.15, 0.2) is 36.5 Å². The van der Waals surface area contributed by atoms with E-state index in [1.54, 1.807) is 0 Å². The smallest absolute Gasteiger partial charge is 0.231 e. The van der Waals surface area contributed by atoms with Crippen LogP contribution in [0.25, 0.3) is 10.9 Å². The second-order valence-electron chi connectivity index (χ2n) is 6.88. The van der Waals surface area contributed by atoms with Gasteiger partial charge in [-0.1, -0.05) is 6.07 Å². The number of aromatic amines is 1. The Morgan fingerprint density at radius 2 is 1.92 bits per heavy atom. The highest BCUT2D eigenvalue weighted by atomic mass is 16.7. The molecule has 2 N–H and O–H groups in total. The number of H-pyrrole nitrogens is 1. The van der Waals surface area contributed by atoms with Gasteiger partial charge >= 0.3 is 0 Å². The van der Waals surface area contributed by atoms with Gasteiger partial charge in [0.2, 0.25) is 12.7 Å². The summed E-state index contributed by atoms with van der Waals surface area (Å²) in [4.78, 5) is 16.3. The Bertz CT molecular complexity index is 1070. The molecule has 130 valence electrons. The highest BCUT2D eigenvalue weighted by molar-refractivity contribution is 5.97. The molecule has 6 nitrogen and oxygen atoms in total. The lowest BCUT2D eigenvalue weighted by Gasteiger charge is -2.21. The molecule has 0 unspecified atom stereocenters. The van der Waals surface area contributed by atoms with Crippen LogP contribution in [0, 0.1) is 0 Å². The number of ether oxygens (including phenoxy) is 3. The van der Waals surface area contributed by atoms with Crippen LogP contribution in [0.4, 0.5) is 0 Å². The first kappa shape index (κ1) is 14.1. The number of hydrogen-bond donors (Lipinski definition) is 2. The van der Waals surface area contributed by atoms with Crippen LogP contribution >= 0.6 is 0 Å². The van der Waals surface area contributed by atoms with Gasteiger partial charge in [0.15, 0.2) is 11.5 Å². The number of benzene rings is 2. The van der Waals surface area contributed by atoms with Crippen LogP contribution in [0.2, 0.25) is 0 Å². The van der Waals surface area contributed by atoms with E-state index in [-0.39, 0.29) is 24.7 Å². The largest absolute Gasteiger partial charge is 0.484 e. The molecule has 3 aliphatic rings. The van der Waals surface area contributed by atoms with Gasteiger partial charge < -0.3 is 24.5 Å². The van der Waals surface area contributed by atoms with Crippen molar-refractivity contribution in [2.24, 2.45) is 0 Å². The minimum Gasteiger partial charge on any atom is -0.484 e. The van der Waals surface area contributed by atoms with E-state index < -0.39 is 0 Å². The topological polar surface area (TPSA) is 72.6 Å². The van der Waals surface area contributed by atoms with Crippen LogP contribution < -0.4 is 19.5 Å². The maximum Gasteiger partial charge on any atom is 0.231 e. The van der Waals surface area contributed by atoms with Crippen molar-refractivity contribution < 1.29 is 19.0 Å². The van der Waals surface area contributed by atoms with Crippen molar-refractivity contribution in [2.45, 2.75) is 18.4 Å². The number of amides is 1. The average Bonchev–Trinajstić information content (AvgIpc) is 3.35. The molecule has 26 heavy (non-hydrogen) atoms. The molecule has 2 atom stereocenters. The maximum absolute atomic E-state index is 13.0. The van der Waals surface area contributed by atoms with Gasteiger partial charge in [0.1, 0.15) is 17.8 Å². The summed E-state index contributed by atoms with van der Waals surface area (Å²) in [6, 6.07) is 9.72. The third kappa shape index (κ3) is 1.78. The van der Waals surface area contributed by atoms with Crippen molar-refractivity contribution in [1.29, 1.82) is 0 Å². The van der Waals surface area contributed by atoms with E-state index >= 15 is 0 Å². The molecule has 0 fully saturated rings. The number of fused-ring (bicyclic) bond motifs is 1. The van der Waals surface area contributed by atoms with E-state index in [9.17, 15) is 4.79 Å². The molecule has 1 aromatic heterocycles. The Labute approximate surface area is 149 Å². The molecule has 0 bridgehead atoms. The zero-order chi connectivity index (χ0) is 17.3. The molecule has 0 spiro atoms. The van der Waals surface area contributed by atoms with E-state index in [2.05, 4.69) is 10.3 Å². The predicted molar refractivity (Wildman–Crippen MR) is 93.7 cm³/mol. The number of carbonyl (C=O) groups excluding carboxylic acids is 1. The first-order chi connectivity index (χ1) is 12.8. The van der Waals surface area contributed by atoms with Crippen molar-refractivity contribution in [3.05, 3.63) is 53.2 Å². The first-order valence-corrected chi connectivity index (χ1v) is 8.76. The zero-order valence-electron chi connectivity index (χ0n) is 13.9. The Morgan fingerprint density at radius 3 is 2.88 bits per heavy atom. The van der Waals surface area contributed by atoms with Crippen LogP contribution in [0.1, 0.15) is 28.7 Å². The van der Waals surface area contributed by atoms with E-state index in [0.29, 0.717) is 12.3 Å². The van der Waals surface area contributed by atoms with Gasteiger partial charge in [-0.3, -0.25) is 4.79 Å². The third-order valence-corrected chi connectivity index (χ3v) is 5.50. The molecule has 0 radical (unpaired) electrons. The van der Waals surface area contributed by atoms with Gasteiger partial charge in [-0.05, 0) is 41.8 Å². The molecule has 0 aliphatic carbocycles. The SMILES string of the molecule is O=C1NCCc2c[nH]c3ccc4c(c23)[C@H]1[C@@H](c1ccc2c(c1)OCO2)O4. The summed E-state index contributed by atoms with van der Waals surface area (Å²) < 4.78 is 17.2. The van der Waals surface area contributed by atoms with Crippen LogP contribution in [0.3, 0.4) is 0 Å². The van der Waals surface area contributed by atoms with Crippen molar-refractivity contribution in [2.75, 3.05) is 13.3 Å².